The molecule has 5 nitrogen and oxygen atoms in total. The van der Waals surface area contributed by atoms with Gasteiger partial charge in [0.2, 0.25) is 10.0 Å². The first kappa shape index (κ1) is 16.3. The van der Waals surface area contributed by atoms with Crippen LogP contribution in [0.1, 0.15) is 29.5 Å². The van der Waals surface area contributed by atoms with Crippen molar-refractivity contribution >= 4 is 15.7 Å². The van der Waals surface area contributed by atoms with Gasteiger partial charge in [0.25, 0.3) is 0 Å². The third-order valence-corrected chi connectivity index (χ3v) is 6.97. The molecule has 0 saturated carbocycles. The Balaban J connectivity index is 1.78. The summed E-state index contributed by atoms with van der Waals surface area (Å²) in [7, 11) is -0.315. The van der Waals surface area contributed by atoms with Crippen LogP contribution in [0.2, 0.25) is 0 Å². The van der Waals surface area contributed by atoms with Crippen molar-refractivity contribution in [3.8, 4) is 0 Å². The predicted molar refractivity (Wildman–Crippen MR) is 97.9 cm³/mol. The second-order valence-electron chi connectivity index (χ2n) is 6.80. The van der Waals surface area contributed by atoms with E-state index in [2.05, 4.69) is 28.5 Å². The van der Waals surface area contributed by atoms with Crippen molar-refractivity contribution in [2.75, 3.05) is 19.4 Å². The Morgan fingerprint density at radius 3 is 2.80 bits per heavy atom. The van der Waals surface area contributed by atoms with Crippen molar-refractivity contribution in [1.29, 1.82) is 0 Å². The summed E-state index contributed by atoms with van der Waals surface area (Å²) in [5.41, 5.74) is 3.22. The van der Waals surface area contributed by atoms with E-state index < -0.39 is 10.0 Å². The summed E-state index contributed by atoms with van der Waals surface area (Å²) < 4.78 is 26.2. The highest BCUT2D eigenvalue weighted by atomic mass is 32.2. The van der Waals surface area contributed by atoms with Crippen molar-refractivity contribution < 1.29 is 8.42 Å². The van der Waals surface area contributed by atoms with Gasteiger partial charge in [-0.15, -0.1) is 0 Å². The molecule has 0 saturated heterocycles. The quantitative estimate of drug-likeness (QED) is 0.859. The van der Waals surface area contributed by atoms with E-state index in [1.807, 2.05) is 24.4 Å². The average molecular weight is 355 g/mol. The number of pyridine rings is 1. The van der Waals surface area contributed by atoms with Gasteiger partial charge >= 0.3 is 0 Å². The fraction of sp³-hybridized carbons (Fsp3) is 0.316. The SMILES string of the molecule is CN(C)S(=O)(=O)c1ccc2c(c1)C1C=CCC1C(c1cccnc1)N2. The first-order chi connectivity index (χ1) is 12.0. The van der Waals surface area contributed by atoms with Gasteiger partial charge < -0.3 is 5.32 Å². The van der Waals surface area contributed by atoms with Crippen LogP contribution in [0.15, 0.2) is 59.8 Å². The minimum absolute atomic E-state index is 0.178. The second kappa shape index (κ2) is 5.97. The van der Waals surface area contributed by atoms with Crippen LogP contribution in [0.5, 0.6) is 0 Å². The number of hydrogen-bond acceptors (Lipinski definition) is 4. The molecule has 2 heterocycles. The highest BCUT2D eigenvalue weighted by Gasteiger charge is 2.38. The number of aromatic nitrogens is 1. The lowest BCUT2D eigenvalue weighted by molar-refractivity contribution is 0.424. The van der Waals surface area contributed by atoms with E-state index in [9.17, 15) is 8.42 Å². The Hall–Kier alpha value is -2.18. The standard InChI is InChI=1S/C19H21N3O2S/c1-22(2)25(23,24)14-8-9-18-17(11-14)15-6-3-7-16(15)19(21-18)13-5-4-10-20-12-13/h3-6,8-12,15-16,19,21H,7H2,1-2H3. The molecule has 0 bridgehead atoms. The van der Waals surface area contributed by atoms with Crippen molar-refractivity contribution in [3.05, 3.63) is 66.0 Å². The van der Waals surface area contributed by atoms with Crippen LogP contribution in [-0.4, -0.2) is 31.8 Å². The van der Waals surface area contributed by atoms with Crippen molar-refractivity contribution in [2.24, 2.45) is 5.92 Å². The van der Waals surface area contributed by atoms with E-state index >= 15 is 0 Å². The van der Waals surface area contributed by atoms with Crippen LogP contribution < -0.4 is 5.32 Å². The molecule has 3 atom stereocenters. The molecule has 0 fully saturated rings. The normalized spacial score (nSPS) is 24.7. The number of anilines is 1. The number of sulfonamides is 1. The van der Waals surface area contributed by atoms with E-state index in [-0.39, 0.29) is 12.0 Å². The highest BCUT2D eigenvalue weighted by Crippen LogP contribution is 2.50. The predicted octanol–water partition coefficient (Wildman–Crippen LogP) is 3.16. The third kappa shape index (κ3) is 2.65. The molecule has 25 heavy (non-hydrogen) atoms. The second-order valence-corrected chi connectivity index (χ2v) is 8.95. The number of nitrogens with one attached hydrogen (secondary N) is 1. The number of nitrogens with zero attached hydrogens (tertiary/aromatic N) is 2. The number of benzene rings is 1. The van der Waals surface area contributed by atoms with Crippen molar-refractivity contribution in [3.63, 3.8) is 0 Å². The summed E-state index contributed by atoms with van der Waals surface area (Å²) in [6, 6.07) is 9.62. The lowest BCUT2D eigenvalue weighted by Gasteiger charge is -2.37. The molecule has 130 valence electrons. The number of rotatable bonds is 3. The van der Waals surface area contributed by atoms with E-state index in [0.29, 0.717) is 10.8 Å². The van der Waals surface area contributed by atoms with Gasteiger partial charge in [0.05, 0.1) is 10.9 Å². The third-order valence-electron chi connectivity index (χ3n) is 5.16. The first-order valence-corrected chi connectivity index (χ1v) is 9.82. The lowest BCUT2D eigenvalue weighted by Crippen LogP contribution is -2.29. The Morgan fingerprint density at radius 2 is 2.08 bits per heavy atom. The summed E-state index contributed by atoms with van der Waals surface area (Å²) in [4.78, 5) is 4.59. The van der Waals surface area contributed by atoms with E-state index in [1.54, 1.807) is 26.4 Å². The van der Waals surface area contributed by atoms with Crippen LogP contribution >= 0.6 is 0 Å². The molecule has 0 amide bonds. The molecule has 1 aliphatic heterocycles. The van der Waals surface area contributed by atoms with Crippen LogP contribution in [0, 0.1) is 5.92 Å². The molecule has 2 aliphatic rings. The van der Waals surface area contributed by atoms with Crippen molar-refractivity contribution in [2.45, 2.75) is 23.3 Å². The van der Waals surface area contributed by atoms with Gasteiger partial charge in [-0.1, -0.05) is 18.2 Å². The maximum absolute atomic E-state index is 12.5. The Morgan fingerprint density at radius 1 is 1.24 bits per heavy atom. The molecule has 1 N–H and O–H groups in total. The summed E-state index contributed by atoms with van der Waals surface area (Å²) in [6.45, 7) is 0. The molecule has 4 rings (SSSR count). The van der Waals surface area contributed by atoms with Gasteiger partial charge in [0, 0.05) is 38.1 Å². The summed E-state index contributed by atoms with van der Waals surface area (Å²) >= 11 is 0. The van der Waals surface area contributed by atoms with Gasteiger partial charge in [-0.25, -0.2) is 12.7 Å². The van der Waals surface area contributed by atoms with Crippen LogP contribution in [-0.2, 0) is 10.0 Å². The minimum Gasteiger partial charge on any atom is -0.378 e. The Labute approximate surface area is 148 Å². The van der Waals surface area contributed by atoms with E-state index in [4.69, 9.17) is 0 Å². The molecule has 2 aromatic rings. The van der Waals surface area contributed by atoms with Crippen LogP contribution in [0.25, 0.3) is 0 Å². The number of fused-ring (bicyclic) bond motifs is 3. The first-order valence-electron chi connectivity index (χ1n) is 8.38. The molecular formula is C19H21N3O2S. The van der Waals surface area contributed by atoms with Gasteiger partial charge in [-0.3, -0.25) is 4.98 Å². The maximum atomic E-state index is 12.5. The largest absolute Gasteiger partial charge is 0.378 e. The number of allylic oxidation sites excluding steroid dienone is 2. The molecule has 1 aromatic heterocycles. The Bertz CT molecular complexity index is 923. The molecule has 0 radical (unpaired) electrons. The monoisotopic (exact) mass is 355 g/mol. The van der Waals surface area contributed by atoms with Gasteiger partial charge in [-0.05, 0) is 47.7 Å². The lowest BCUT2D eigenvalue weighted by atomic mass is 9.77. The van der Waals surface area contributed by atoms with Gasteiger partial charge in [0.1, 0.15) is 0 Å². The minimum atomic E-state index is -3.43. The molecule has 6 heteroatoms. The molecular weight excluding hydrogens is 334 g/mol. The Kier molecular flexibility index (Phi) is 3.89. The van der Waals surface area contributed by atoms with Gasteiger partial charge in [0.15, 0.2) is 0 Å². The summed E-state index contributed by atoms with van der Waals surface area (Å²) in [5, 5.41) is 3.60. The zero-order valence-electron chi connectivity index (χ0n) is 14.3. The van der Waals surface area contributed by atoms with E-state index in [1.165, 1.54) is 4.31 Å². The molecule has 0 spiro atoms. The van der Waals surface area contributed by atoms with Gasteiger partial charge in [-0.2, -0.15) is 0 Å². The topological polar surface area (TPSA) is 62.3 Å². The fourth-order valence-electron chi connectivity index (χ4n) is 3.83. The molecule has 3 unspecified atom stereocenters. The average Bonchev–Trinajstić information content (AvgIpc) is 3.11. The van der Waals surface area contributed by atoms with E-state index in [0.717, 1.165) is 23.2 Å². The summed E-state index contributed by atoms with van der Waals surface area (Å²) in [5.74, 6) is 0.591. The fourth-order valence-corrected chi connectivity index (χ4v) is 4.77. The van der Waals surface area contributed by atoms with Crippen LogP contribution in [0.3, 0.4) is 0 Å². The smallest absolute Gasteiger partial charge is 0.242 e. The maximum Gasteiger partial charge on any atom is 0.242 e. The van der Waals surface area contributed by atoms with Crippen molar-refractivity contribution in [1.82, 2.24) is 9.29 Å². The highest BCUT2D eigenvalue weighted by molar-refractivity contribution is 7.89. The molecule has 1 aromatic carbocycles. The molecule has 1 aliphatic carbocycles. The summed E-state index contributed by atoms with van der Waals surface area (Å²) in [6.07, 6.45) is 9.07. The number of hydrogen-bond donors (Lipinski definition) is 1. The zero-order chi connectivity index (χ0) is 17.6. The zero-order valence-corrected chi connectivity index (χ0v) is 15.1. The van der Waals surface area contributed by atoms with Crippen LogP contribution in [0.4, 0.5) is 5.69 Å².